The molecule has 0 heterocycles. The lowest BCUT2D eigenvalue weighted by Crippen LogP contribution is -2.50. The number of nitrogens with zero attached hydrogens (tertiary/aromatic N) is 1. The zero-order chi connectivity index (χ0) is 12.4. The molecule has 1 atom stereocenters. The van der Waals surface area contributed by atoms with Crippen LogP contribution in [-0.2, 0) is 4.79 Å². The van der Waals surface area contributed by atoms with Gasteiger partial charge < -0.3 is 10.6 Å². The van der Waals surface area contributed by atoms with Crippen molar-refractivity contribution in [3.63, 3.8) is 0 Å². The number of hydrogen-bond acceptors (Lipinski definition) is 2. The van der Waals surface area contributed by atoms with Crippen molar-refractivity contribution in [2.75, 3.05) is 13.6 Å². The fraction of sp³-hybridized carbons (Fsp3) is 0.917. The van der Waals surface area contributed by atoms with Crippen molar-refractivity contribution >= 4 is 5.91 Å². The van der Waals surface area contributed by atoms with Gasteiger partial charge in [0.25, 0.3) is 0 Å². The Kier molecular flexibility index (Phi) is 4.35. The zero-order valence-corrected chi connectivity index (χ0v) is 11.2. The van der Waals surface area contributed by atoms with Crippen LogP contribution in [0.4, 0.5) is 0 Å². The normalized spacial score (nSPS) is 14.9. The maximum atomic E-state index is 12.0. The van der Waals surface area contributed by atoms with Crippen molar-refractivity contribution in [2.45, 2.75) is 47.6 Å². The molecule has 0 saturated carbocycles. The molecule has 0 saturated heterocycles. The van der Waals surface area contributed by atoms with Gasteiger partial charge in [0.05, 0.1) is 6.04 Å². The fourth-order valence-electron chi connectivity index (χ4n) is 1.40. The van der Waals surface area contributed by atoms with E-state index in [-0.39, 0.29) is 16.7 Å². The van der Waals surface area contributed by atoms with E-state index in [9.17, 15) is 4.79 Å². The first kappa shape index (κ1) is 14.4. The highest BCUT2D eigenvalue weighted by molar-refractivity contribution is 5.82. The van der Waals surface area contributed by atoms with Crippen molar-refractivity contribution in [1.82, 2.24) is 4.90 Å². The Morgan fingerprint density at radius 3 is 1.87 bits per heavy atom. The minimum Gasteiger partial charge on any atom is -0.344 e. The Bertz CT molecular complexity index is 223. The van der Waals surface area contributed by atoms with Crippen molar-refractivity contribution in [2.24, 2.45) is 16.6 Å². The molecule has 0 aliphatic heterocycles. The van der Waals surface area contributed by atoms with Crippen LogP contribution in [-0.4, -0.2) is 30.4 Å². The van der Waals surface area contributed by atoms with E-state index in [2.05, 4.69) is 20.8 Å². The molecule has 3 heteroatoms. The first-order chi connectivity index (χ1) is 6.45. The molecule has 0 bridgehead atoms. The quantitative estimate of drug-likeness (QED) is 0.762. The standard InChI is InChI=1S/C12H26N2O/c1-11(2,3)8-14(7)10(15)9(13)12(4,5)6/h9H,8,13H2,1-7H3/t9-/m1/s1. The van der Waals surface area contributed by atoms with Gasteiger partial charge in [-0.2, -0.15) is 0 Å². The number of rotatable bonds is 2. The SMILES string of the molecule is CN(CC(C)(C)C)C(=O)[C@@H](N)C(C)(C)C. The molecule has 0 fully saturated rings. The molecule has 0 rings (SSSR count). The molecule has 15 heavy (non-hydrogen) atoms. The van der Waals surface area contributed by atoms with E-state index in [4.69, 9.17) is 5.73 Å². The van der Waals surface area contributed by atoms with Gasteiger partial charge in [-0.05, 0) is 10.8 Å². The molecular formula is C12H26N2O. The fourth-order valence-corrected chi connectivity index (χ4v) is 1.40. The van der Waals surface area contributed by atoms with Crippen LogP contribution in [0.3, 0.4) is 0 Å². The third-order valence-corrected chi connectivity index (χ3v) is 2.29. The third kappa shape index (κ3) is 5.17. The molecule has 0 aliphatic rings. The average molecular weight is 214 g/mol. The van der Waals surface area contributed by atoms with Crippen LogP contribution >= 0.6 is 0 Å². The van der Waals surface area contributed by atoms with E-state index in [1.807, 2.05) is 27.8 Å². The number of carbonyl (C=O) groups is 1. The van der Waals surface area contributed by atoms with Crippen molar-refractivity contribution < 1.29 is 4.79 Å². The molecule has 0 radical (unpaired) electrons. The lowest BCUT2D eigenvalue weighted by molar-refractivity contribution is -0.134. The van der Waals surface area contributed by atoms with Gasteiger partial charge in [0.1, 0.15) is 0 Å². The molecule has 3 nitrogen and oxygen atoms in total. The summed E-state index contributed by atoms with van der Waals surface area (Å²) >= 11 is 0. The van der Waals surface area contributed by atoms with E-state index in [1.54, 1.807) is 4.90 Å². The van der Waals surface area contributed by atoms with Crippen molar-refractivity contribution in [3.05, 3.63) is 0 Å². The highest BCUT2D eigenvalue weighted by Gasteiger charge is 2.30. The minimum atomic E-state index is -0.426. The lowest BCUT2D eigenvalue weighted by atomic mass is 9.86. The van der Waals surface area contributed by atoms with Crippen LogP contribution in [0.5, 0.6) is 0 Å². The highest BCUT2D eigenvalue weighted by atomic mass is 16.2. The summed E-state index contributed by atoms with van der Waals surface area (Å²) in [6.07, 6.45) is 0. The average Bonchev–Trinajstić information content (AvgIpc) is 1.96. The smallest absolute Gasteiger partial charge is 0.239 e. The van der Waals surface area contributed by atoms with Gasteiger partial charge in [-0.15, -0.1) is 0 Å². The maximum Gasteiger partial charge on any atom is 0.239 e. The number of nitrogens with two attached hydrogens (primary N) is 1. The van der Waals surface area contributed by atoms with Gasteiger partial charge >= 0.3 is 0 Å². The summed E-state index contributed by atoms with van der Waals surface area (Å²) in [5.74, 6) is 0.0254. The van der Waals surface area contributed by atoms with E-state index < -0.39 is 6.04 Å². The molecule has 0 spiro atoms. The maximum absolute atomic E-state index is 12.0. The monoisotopic (exact) mass is 214 g/mol. The second kappa shape index (κ2) is 4.52. The molecule has 0 aliphatic carbocycles. The van der Waals surface area contributed by atoms with E-state index in [0.717, 1.165) is 6.54 Å². The van der Waals surface area contributed by atoms with Gasteiger partial charge in [-0.25, -0.2) is 0 Å². The second-order valence-corrected chi connectivity index (χ2v) is 6.60. The summed E-state index contributed by atoms with van der Waals surface area (Å²) in [5, 5.41) is 0. The molecule has 0 aromatic rings. The number of hydrogen-bond donors (Lipinski definition) is 1. The summed E-state index contributed by atoms with van der Waals surface area (Å²) in [4.78, 5) is 13.7. The Morgan fingerprint density at radius 1 is 1.20 bits per heavy atom. The molecule has 0 unspecified atom stereocenters. The van der Waals surface area contributed by atoms with Crippen LogP contribution in [0.2, 0.25) is 0 Å². The molecule has 90 valence electrons. The van der Waals surface area contributed by atoms with Crippen molar-refractivity contribution in [3.8, 4) is 0 Å². The largest absolute Gasteiger partial charge is 0.344 e. The number of carbonyl (C=O) groups excluding carboxylic acids is 1. The number of amides is 1. The Labute approximate surface area is 94.0 Å². The highest BCUT2D eigenvalue weighted by Crippen LogP contribution is 2.20. The van der Waals surface area contributed by atoms with Gasteiger partial charge in [0.15, 0.2) is 0 Å². The van der Waals surface area contributed by atoms with Gasteiger partial charge in [-0.3, -0.25) is 4.79 Å². The first-order valence-electron chi connectivity index (χ1n) is 5.46. The first-order valence-corrected chi connectivity index (χ1v) is 5.46. The van der Waals surface area contributed by atoms with Crippen molar-refractivity contribution in [1.29, 1.82) is 0 Å². The van der Waals surface area contributed by atoms with E-state index >= 15 is 0 Å². The van der Waals surface area contributed by atoms with Gasteiger partial charge in [0, 0.05) is 13.6 Å². The van der Waals surface area contributed by atoms with Crippen LogP contribution in [0.25, 0.3) is 0 Å². The summed E-state index contributed by atoms with van der Waals surface area (Å²) in [6, 6.07) is -0.426. The topological polar surface area (TPSA) is 46.3 Å². The second-order valence-electron chi connectivity index (χ2n) is 6.60. The minimum absolute atomic E-state index is 0.0254. The van der Waals surface area contributed by atoms with E-state index in [1.165, 1.54) is 0 Å². The zero-order valence-electron chi connectivity index (χ0n) is 11.2. The third-order valence-electron chi connectivity index (χ3n) is 2.29. The number of likely N-dealkylation sites (N-methyl/N-ethyl adjacent to an activating group) is 1. The Morgan fingerprint density at radius 2 is 1.60 bits per heavy atom. The van der Waals surface area contributed by atoms with Crippen LogP contribution in [0.1, 0.15) is 41.5 Å². The summed E-state index contributed by atoms with van der Waals surface area (Å²) in [6.45, 7) is 13.0. The van der Waals surface area contributed by atoms with Gasteiger partial charge in [0.2, 0.25) is 5.91 Å². The molecule has 1 amide bonds. The van der Waals surface area contributed by atoms with Gasteiger partial charge in [-0.1, -0.05) is 41.5 Å². The van der Waals surface area contributed by atoms with Crippen LogP contribution < -0.4 is 5.73 Å². The molecular weight excluding hydrogens is 188 g/mol. The molecule has 0 aromatic heterocycles. The molecule has 0 aromatic carbocycles. The summed E-state index contributed by atoms with van der Waals surface area (Å²) in [7, 11) is 1.82. The lowest BCUT2D eigenvalue weighted by Gasteiger charge is -2.33. The predicted molar refractivity (Wildman–Crippen MR) is 64.5 cm³/mol. The van der Waals surface area contributed by atoms with E-state index in [0.29, 0.717) is 0 Å². The summed E-state index contributed by atoms with van der Waals surface area (Å²) in [5.41, 5.74) is 5.86. The predicted octanol–water partition coefficient (Wildman–Crippen LogP) is 1.86. The Hall–Kier alpha value is -0.570. The molecule has 2 N–H and O–H groups in total. The Balaban J connectivity index is 4.47. The van der Waals surface area contributed by atoms with Crippen LogP contribution in [0, 0.1) is 10.8 Å². The van der Waals surface area contributed by atoms with Crippen LogP contribution in [0.15, 0.2) is 0 Å². The summed E-state index contributed by atoms with van der Waals surface area (Å²) < 4.78 is 0.